The number of carbonyl (C=O) groups excluding carboxylic acids is 2. The summed E-state index contributed by atoms with van der Waals surface area (Å²) in [5.41, 5.74) is 0. The molecule has 0 bridgehead atoms. The number of esters is 2. The Bertz CT molecular complexity index is 2890. The Hall–Kier alpha value is -2.35. The second kappa shape index (κ2) is 53.7. The number of phosphoric acid groups is 1. The van der Waals surface area contributed by atoms with E-state index >= 15 is 0 Å². The first-order valence-electron chi connectivity index (χ1n) is 42.9. The van der Waals surface area contributed by atoms with Gasteiger partial charge in [-0.1, -0.05) is 168 Å². The molecule has 0 spiro atoms. The first-order chi connectivity index (χ1) is 57.7. The summed E-state index contributed by atoms with van der Waals surface area (Å²) < 4.78 is 104. The summed E-state index contributed by atoms with van der Waals surface area (Å²) in [5.74, 6) is -1.49. The number of ether oxygens (including phenoxy) is 14. The fraction of sp³-hybridized carbons (Fsp3) is 0.974. The van der Waals surface area contributed by atoms with Crippen LogP contribution in [0.4, 0.5) is 0 Å². The zero-order chi connectivity index (χ0) is 88.8. The van der Waals surface area contributed by atoms with Gasteiger partial charge in [0.2, 0.25) is 0 Å². The maximum absolute atomic E-state index is 14.5. The van der Waals surface area contributed by atoms with Crippen LogP contribution in [0.2, 0.25) is 0 Å². The standard InChI is InChI=1S/C77H139O43P/c1-3-5-7-9-11-13-15-16-17-18-20-21-23-25-27-29-46(80)105-33-39(111-47(81)30-28-26-24-22-19-14-12-10-8-6-4-2)34-110-121(103,104)120-71-69(118-76-67(101)55(89)49(83)41(32-79)113-76)61(95)60(94)62(96)70(71)119-77-68(102)59(93)53(87)45(117-77)38-109-75-66(100)58(92)52(86)44(116-75)37-108-74-65(99)57(91)51(85)43(115-74)36-107-73-64(98)56(90)50(84)42(114-73)35-106-72-63(97)54(88)48(82)40(31-78)112-72/h39-45,48-79,82-102H,3-38H2,1-2H3,(H,103,104)/t39-,40?,41?,42?,43?,44?,45?,48+,49-,50+,51+,52+,53+,54?,55?,56?,57?,58?,59?,60+,61?,62?,63+,64+,65+,66+,67-,68+,69-,70?,71+,72-,73-,74-,75-,76-,77+/m1/s1. The predicted molar refractivity (Wildman–Crippen MR) is 408 cm³/mol. The number of hydrogen-bond donors (Lipinski definition) is 24. The van der Waals surface area contributed by atoms with Gasteiger partial charge in [0.1, 0.15) is 190 Å². The molecular weight excluding hydrogens is 1640 g/mol. The molecule has 7 rings (SSSR count). The molecule has 1 saturated carbocycles. The zero-order valence-electron chi connectivity index (χ0n) is 68.8. The Morgan fingerprint density at radius 2 is 0.545 bits per heavy atom. The van der Waals surface area contributed by atoms with Gasteiger partial charge in [-0.25, -0.2) is 4.57 Å². The van der Waals surface area contributed by atoms with Gasteiger partial charge in [-0.2, -0.15) is 0 Å². The molecule has 6 aliphatic heterocycles. The Morgan fingerprint density at radius 3 is 0.851 bits per heavy atom. The maximum Gasteiger partial charge on any atom is 0.472 e. The molecular formula is C77H139O43P. The molecule has 0 radical (unpaired) electrons. The highest BCUT2D eigenvalue weighted by atomic mass is 31.2. The number of aliphatic hydroxyl groups excluding tert-OH is 23. The number of carbonyl (C=O) groups is 2. The molecule has 7 aliphatic rings. The minimum absolute atomic E-state index is 0.0272. The minimum Gasteiger partial charge on any atom is -0.462 e. The van der Waals surface area contributed by atoms with Crippen LogP contribution in [0, 0.1) is 0 Å². The summed E-state index contributed by atoms with van der Waals surface area (Å²) in [6.45, 7) is -2.92. The van der Waals surface area contributed by atoms with Crippen LogP contribution >= 0.6 is 7.82 Å². The predicted octanol–water partition coefficient (Wildman–Crippen LogP) is -5.33. The molecule has 6 heterocycles. The number of unbranched alkanes of at least 4 members (excludes halogenated alkanes) is 24. The maximum atomic E-state index is 14.5. The first kappa shape index (κ1) is 106. The van der Waals surface area contributed by atoms with E-state index in [2.05, 4.69) is 13.8 Å². The van der Waals surface area contributed by atoms with Crippen LogP contribution in [-0.4, -0.2) is 414 Å². The molecule has 16 unspecified atom stereocenters. The Labute approximate surface area is 702 Å². The number of phosphoric ester groups is 1. The smallest absolute Gasteiger partial charge is 0.462 e. The molecule has 7 fully saturated rings. The highest BCUT2D eigenvalue weighted by molar-refractivity contribution is 7.47. The summed E-state index contributed by atoms with van der Waals surface area (Å²) in [6.07, 6.45) is -50.1. The molecule has 710 valence electrons. The second-order valence-corrected chi connectivity index (χ2v) is 34.0. The molecule has 44 heteroatoms. The van der Waals surface area contributed by atoms with Gasteiger partial charge in [0.05, 0.1) is 46.2 Å². The van der Waals surface area contributed by atoms with Gasteiger partial charge < -0.3 is 189 Å². The number of hydrogen-bond acceptors (Lipinski definition) is 42. The molecule has 43 nitrogen and oxygen atoms in total. The van der Waals surface area contributed by atoms with Crippen molar-refractivity contribution in [3.8, 4) is 0 Å². The largest absolute Gasteiger partial charge is 0.472 e. The minimum atomic E-state index is -5.88. The van der Waals surface area contributed by atoms with Crippen molar-refractivity contribution in [1.82, 2.24) is 0 Å². The van der Waals surface area contributed by atoms with E-state index in [0.29, 0.717) is 19.3 Å². The van der Waals surface area contributed by atoms with Crippen LogP contribution in [-0.2, 0) is 89.5 Å². The van der Waals surface area contributed by atoms with E-state index in [9.17, 15) is 136 Å². The summed E-state index contributed by atoms with van der Waals surface area (Å²) >= 11 is 0. The summed E-state index contributed by atoms with van der Waals surface area (Å²) in [4.78, 5) is 38.4. The van der Waals surface area contributed by atoms with Gasteiger partial charge in [0, 0.05) is 12.8 Å². The van der Waals surface area contributed by atoms with Crippen molar-refractivity contribution in [2.75, 3.05) is 52.9 Å². The Kier molecular flexibility index (Phi) is 46.9. The van der Waals surface area contributed by atoms with Gasteiger partial charge in [-0.15, -0.1) is 0 Å². The molecule has 0 aromatic carbocycles. The van der Waals surface area contributed by atoms with Crippen molar-refractivity contribution in [1.29, 1.82) is 0 Å². The van der Waals surface area contributed by atoms with Crippen molar-refractivity contribution in [3.05, 3.63) is 0 Å². The fourth-order valence-corrected chi connectivity index (χ4v) is 16.3. The van der Waals surface area contributed by atoms with Crippen LogP contribution < -0.4 is 0 Å². The molecule has 0 amide bonds. The Balaban J connectivity index is 1.00. The zero-order valence-corrected chi connectivity index (χ0v) is 69.6. The third-order valence-electron chi connectivity index (χ3n) is 23.0. The molecule has 6 saturated heterocycles. The van der Waals surface area contributed by atoms with E-state index < -0.39 is 300 Å². The van der Waals surface area contributed by atoms with Crippen molar-refractivity contribution >= 4 is 19.8 Å². The van der Waals surface area contributed by atoms with Crippen LogP contribution in [0.1, 0.15) is 194 Å². The highest BCUT2D eigenvalue weighted by Gasteiger charge is 2.60. The average Bonchev–Trinajstić information content (AvgIpc) is 0.757. The molecule has 121 heavy (non-hydrogen) atoms. The van der Waals surface area contributed by atoms with Crippen LogP contribution in [0.25, 0.3) is 0 Å². The Morgan fingerprint density at radius 1 is 0.298 bits per heavy atom. The first-order valence-corrected chi connectivity index (χ1v) is 44.4. The molecule has 0 aromatic heterocycles. The lowest BCUT2D eigenvalue weighted by Crippen LogP contribution is -2.69. The van der Waals surface area contributed by atoms with Crippen molar-refractivity contribution in [3.63, 3.8) is 0 Å². The van der Waals surface area contributed by atoms with Gasteiger partial charge in [-0.3, -0.25) is 18.6 Å². The normalized spacial score (nSPS) is 40.0. The van der Waals surface area contributed by atoms with E-state index in [4.69, 9.17) is 75.4 Å². The topological polar surface area (TPSA) is 684 Å². The van der Waals surface area contributed by atoms with Gasteiger partial charge >= 0.3 is 19.8 Å². The van der Waals surface area contributed by atoms with Gasteiger partial charge in [0.25, 0.3) is 0 Å². The van der Waals surface area contributed by atoms with E-state index in [1.165, 1.54) is 64.2 Å². The molecule has 38 atom stereocenters. The van der Waals surface area contributed by atoms with E-state index in [1.54, 1.807) is 0 Å². The summed E-state index contributed by atoms with van der Waals surface area (Å²) in [5, 5.41) is 250. The second-order valence-electron chi connectivity index (χ2n) is 32.6. The number of rotatable bonds is 54. The lowest BCUT2D eigenvalue weighted by atomic mass is 9.84. The quantitative estimate of drug-likeness (QED) is 0.0154. The van der Waals surface area contributed by atoms with Crippen LogP contribution in [0.15, 0.2) is 0 Å². The van der Waals surface area contributed by atoms with E-state index in [1.807, 2.05) is 0 Å². The fourth-order valence-electron chi connectivity index (χ4n) is 15.4. The average molecular weight is 1780 g/mol. The third kappa shape index (κ3) is 31.5. The monoisotopic (exact) mass is 1780 g/mol. The number of aliphatic hydroxyl groups is 23. The van der Waals surface area contributed by atoms with Gasteiger partial charge in [0.15, 0.2) is 43.8 Å². The lowest BCUT2D eigenvalue weighted by molar-refractivity contribution is -0.365. The van der Waals surface area contributed by atoms with Crippen LogP contribution in [0.3, 0.4) is 0 Å². The van der Waals surface area contributed by atoms with Gasteiger partial charge in [-0.05, 0) is 12.8 Å². The summed E-state index contributed by atoms with van der Waals surface area (Å²) in [7, 11) is -5.88. The van der Waals surface area contributed by atoms with Crippen molar-refractivity contribution < 1.29 is 212 Å². The van der Waals surface area contributed by atoms with Crippen molar-refractivity contribution in [2.45, 2.75) is 421 Å². The SMILES string of the molecule is CCCCCCCCCCCCCCCCCC(=O)OC[C@H](COP(=O)(O)O[C@@H]1C(O[C@@H]2OC(CO[C@@H]3OC(CO[C@@H]4OC(CO[C@@H]5OC(CO[C@@H]6OC(CO)[C@H](O)C(O)[C@@H]6O)[C@H](O)C(O)[C@@H]5O)[C@H](O)C(O)[C@@H]4O)[C@H](O)C(O)[C@@H]3O)[C@H](O)C(O)[C@@H]2O)C(O)[C@@H](O)C(O)[C@H]1O[C@H]1OC(CO)[C@@H](O)C(O)[C@H]1O)OC(=O)CCCCCCCCCCCCC. The summed E-state index contributed by atoms with van der Waals surface area (Å²) in [6, 6.07) is 0. The van der Waals surface area contributed by atoms with E-state index in [-0.39, 0.29) is 12.8 Å². The van der Waals surface area contributed by atoms with E-state index in [0.717, 1.165) is 83.5 Å². The highest BCUT2D eigenvalue weighted by Crippen LogP contribution is 2.49. The van der Waals surface area contributed by atoms with Crippen molar-refractivity contribution in [2.24, 2.45) is 0 Å². The third-order valence-corrected chi connectivity index (χ3v) is 24.0. The molecule has 1 aliphatic carbocycles. The molecule has 24 N–H and O–H groups in total. The van der Waals surface area contributed by atoms with Crippen LogP contribution in [0.5, 0.6) is 0 Å². The lowest BCUT2D eigenvalue weighted by Gasteiger charge is -2.49. The molecule has 0 aromatic rings.